The lowest BCUT2D eigenvalue weighted by Crippen LogP contribution is -2.33. The van der Waals surface area contributed by atoms with Crippen molar-refractivity contribution in [1.29, 1.82) is 0 Å². The number of hydrogen-bond acceptors (Lipinski definition) is 3. The third-order valence-electron chi connectivity index (χ3n) is 4.16. The molecule has 1 N–H and O–H groups in total. The molecule has 3 aromatic rings. The van der Waals surface area contributed by atoms with Crippen LogP contribution in [0.2, 0.25) is 0 Å². The van der Waals surface area contributed by atoms with E-state index in [1.54, 1.807) is 12.3 Å². The number of hydrogen-bond donors (Lipinski definition) is 1. The van der Waals surface area contributed by atoms with Crippen LogP contribution in [0.1, 0.15) is 42.9 Å². The average Bonchev–Trinajstić information content (AvgIpc) is 3.10. The molecular formula is C21H22N4O. The molecule has 0 fully saturated rings. The van der Waals surface area contributed by atoms with Gasteiger partial charge in [-0.05, 0) is 37.1 Å². The molecule has 0 saturated heterocycles. The minimum Gasteiger partial charge on any atom is -0.337 e. The SMILES string of the molecule is C#Cc1cc2cc(-c3cccc(C(=O)N(CCC)CCC)n3)cnc2[nH]1. The molecule has 0 unspecified atom stereocenters. The molecule has 5 heteroatoms. The van der Waals surface area contributed by atoms with Gasteiger partial charge < -0.3 is 9.88 Å². The predicted molar refractivity (Wildman–Crippen MR) is 104 cm³/mol. The van der Waals surface area contributed by atoms with E-state index in [1.165, 1.54) is 0 Å². The Hall–Kier alpha value is -3.13. The van der Waals surface area contributed by atoms with Crippen molar-refractivity contribution >= 4 is 16.9 Å². The summed E-state index contributed by atoms with van der Waals surface area (Å²) < 4.78 is 0. The quantitative estimate of drug-likeness (QED) is 0.689. The van der Waals surface area contributed by atoms with E-state index < -0.39 is 0 Å². The van der Waals surface area contributed by atoms with Gasteiger partial charge in [0.2, 0.25) is 0 Å². The number of amides is 1. The van der Waals surface area contributed by atoms with Crippen molar-refractivity contribution in [2.75, 3.05) is 13.1 Å². The molecule has 1 amide bonds. The molecule has 0 radical (unpaired) electrons. The van der Waals surface area contributed by atoms with E-state index in [9.17, 15) is 4.79 Å². The molecule has 3 heterocycles. The molecule has 0 aromatic carbocycles. The molecule has 0 aliphatic carbocycles. The van der Waals surface area contributed by atoms with Crippen LogP contribution in [0.15, 0.2) is 36.5 Å². The van der Waals surface area contributed by atoms with E-state index in [0.717, 1.165) is 48.2 Å². The summed E-state index contributed by atoms with van der Waals surface area (Å²) in [5, 5.41) is 0.924. The van der Waals surface area contributed by atoms with Gasteiger partial charge in [-0.3, -0.25) is 4.79 Å². The number of aromatic amines is 1. The maximum Gasteiger partial charge on any atom is 0.272 e. The van der Waals surface area contributed by atoms with Crippen LogP contribution < -0.4 is 0 Å². The highest BCUT2D eigenvalue weighted by atomic mass is 16.2. The van der Waals surface area contributed by atoms with E-state index in [4.69, 9.17) is 6.42 Å². The number of pyridine rings is 2. The normalized spacial score (nSPS) is 10.7. The first-order chi connectivity index (χ1) is 12.7. The van der Waals surface area contributed by atoms with Gasteiger partial charge >= 0.3 is 0 Å². The summed E-state index contributed by atoms with van der Waals surface area (Å²) in [5.74, 6) is 2.55. The lowest BCUT2D eigenvalue weighted by atomic mass is 10.1. The monoisotopic (exact) mass is 346 g/mol. The smallest absolute Gasteiger partial charge is 0.272 e. The van der Waals surface area contributed by atoms with Gasteiger partial charge in [-0.15, -0.1) is 6.42 Å². The first-order valence-corrected chi connectivity index (χ1v) is 8.88. The molecular weight excluding hydrogens is 324 g/mol. The van der Waals surface area contributed by atoms with Crippen LogP contribution in [0.3, 0.4) is 0 Å². The van der Waals surface area contributed by atoms with Crippen molar-refractivity contribution in [1.82, 2.24) is 19.9 Å². The second-order valence-corrected chi connectivity index (χ2v) is 6.19. The Morgan fingerprint density at radius 1 is 1.23 bits per heavy atom. The van der Waals surface area contributed by atoms with Crippen molar-refractivity contribution in [3.05, 3.63) is 47.9 Å². The zero-order valence-electron chi connectivity index (χ0n) is 15.1. The lowest BCUT2D eigenvalue weighted by Gasteiger charge is -2.21. The second kappa shape index (κ2) is 7.83. The fraction of sp³-hybridized carbons (Fsp3) is 0.286. The largest absolute Gasteiger partial charge is 0.337 e. The molecule has 5 nitrogen and oxygen atoms in total. The summed E-state index contributed by atoms with van der Waals surface area (Å²) >= 11 is 0. The number of nitrogens with one attached hydrogen (secondary N) is 1. The number of terminal acetylenes is 1. The van der Waals surface area contributed by atoms with Gasteiger partial charge in [0.05, 0.1) is 11.4 Å². The standard InChI is InChI=1S/C21H22N4O/c1-4-10-25(11-5-2)21(26)19-9-7-8-18(24-19)16-12-15-13-17(6-3)23-20(15)22-14-16/h3,7-9,12-14H,4-5,10-11H2,1-2H3,(H,22,23). The molecule has 26 heavy (non-hydrogen) atoms. The van der Waals surface area contributed by atoms with Crippen molar-refractivity contribution < 1.29 is 4.79 Å². The Morgan fingerprint density at radius 2 is 2.00 bits per heavy atom. The number of carbonyl (C=O) groups is 1. The summed E-state index contributed by atoms with van der Waals surface area (Å²) in [6.07, 6.45) is 9.03. The first-order valence-electron chi connectivity index (χ1n) is 8.88. The molecule has 0 bridgehead atoms. The summed E-state index contributed by atoms with van der Waals surface area (Å²) in [6, 6.07) is 9.37. The Morgan fingerprint density at radius 3 is 2.69 bits per heavy atom. The molecule has 0 atom stereocenters. The maximum atomic E-state index is 12.8. The zero-order chi connectivity index (χ0) is 18.5. The third kappa shape index (κ3) is 3.60. The van der Waals surface area contributed by atoms with E-state index in [1.807, 2.05) is 29.2 Å². The van der Waals surface area contributed by atoms with E-state index in [2.05, 4.69) is 34.7 Å². The minimum absolute atomic E-state index is 0.0270. The molecule has 3 aromatic heterocycles. The number of nitrogens with zero attached hydrogens (tertiary/aromatic N) is 3. The topological polar surface area (TPSA) is 61.9 Å². The maximum absolute atomic E-state index is 12.8. The Bertz CT molecular complexity index is 962. The molecule has 132 valence electrons. The zero-order valence-corrected chi connectivity index (χ0v) is 15.1. The van der Waals surface area contributed by atoms with Gasteiger partial charge in [-0.1, -0.05) is 25.8 Å². The van der Waals surface area contributed by atoms with Crippen molar-refractivity contribution in [3.63, 3.8) is 0 Å². The van der Waals surface area contributed by atoms with Gasteiger partial charge in [0.25, 0.3) is 5.91 Å². The highest BCUT2D eigenvalue weighted by Crippen LogP contribution is 2.22. The van der Waals surface area contributed by atoms with Gasteiger partial charge in [0.1, 0.15) is 11.3 Å². The van der Waals surface area contributed by atoms with Crippen LogP contribution >= 0.6 is 0 Å². The Labute approximate surface area is 153 Å². The van der Waals surface area contributed by atoms with Gasteiger partial charge in [-0.25, -0.2) is 9.97 Å². The van der Waals surface area contributed by atoms with Crippen LogP contribution in [0.25, 0.3) is 22.3 Å². The van der Waals surface area contributed by atoms with Crippen molar-refractivity contribution in [2.24, 2.45) is 0 Å². The van der Waals surface area contributed by atoms with Crippen LogP contribution in [0.5, 0.6) is 0 Å². The second-order valence-electron chi connectivity index (χ2n) is 6.19. The van der Waals surface area contributed by atoms with Crippen LogP contribution in [-0.4, -0.2) is 38.8 Å². The van der Waals surface area contributed by atoms with Crippen LogP contribution in [0.4, 0.5) is 0 Å². The fourth-order valence-corrected chi connectivity index (χ4v) is 2.96. The summed E-state index contributed by atoms with van der Waals surface area (Å²) in [5.41, 5.74) is 3.47. The molecule has 0 aliphatic heterocycles. The van der Waals surface area contributed by atoms with E-state index in [-0.39, 0.29) is 5.91 Å². The van der Waals surface area contributed by atoms with Crippen LogP contribution in [-0.2, 0) is 0 Å². The fourth-order valence-electron chi connectivity index (χ4n) is 2.96. The summed E-state index contributed by atoms with van der Waals surface area (Å²) in [4.78, 5) is 26.7. The van der Waals surface area contributed by atoms with E-state index >= 15 is 0 Å². The number of carbonyl (C=O) groups excluding carboxylic acids is 1. The number of fused-ring (bicyclic) bond motifs is 1. The minimum atomic E-state index is -0.0270. The lowest BCUT2D eigenvalue weighted by molar-refractivity contribution is 0.0750. The summed E-state index contributed by atoms with van der Waals surface area (Å²) in [6.45, 7) is 5.62. The summed E-state index contributed by atoms with van der Waals surface area (Å²) in [7, 11) is 0. The molecule has 0 aliphatic rings. The first kappa shape index (κ1) is 17.7. The molecule has 0 saturated carbocycles. The van der Waals surface area contributed by atoms with Crippen LogP contribution in [0, 0.1) is 12.3 Å². The highest BCUT2D eigenvalue weighted by Gasteiger charge is 2.16. The predicted octanol–water partition coefficient (Wildman–Crippen LogP) is 3.87. The Kier molecular flexibility index (Phi) is 5.33. The Balaban J connectivity index is 1.93. The number of rotatable bonds is 6. The number of aromatic nitrogens is 3. The van der Waals surface area contributed by atoms with Gasteiger partial charge in [-0.2, -0.15) is 0 Å². The average molecular weight is 346 g/mol. The van der Waals surface area contributed by atoms with Gasteiger partial charge in [0, 0.05) is 30.2 Å². The highest BCUT2D eigenvalue weighted by molar-refractivity contribution is 5.93. The third-order valence-corrected chi connectivity index (χ3v) is 4.16. The van der Waals surface area contributed by atoms with Crippen molar-refractivity contribution in [3.8, 4) is 23.6 Å². The molecule has 0 spiro atoms. The number of H-pyrrole nitrogens is 1. The molecule has 3 rings (SSSR count). The van der Waals surface area contributed by atoms with E-state index in [0.29, 0.717) is 11.4 Å². The van der Waals surface area contributed by atoms with Gasteiger partial charge in [0.15, 0.2) is 0 Å². The van der Waals surface area contributed by atoms with Crippen molar-refractivity contribution in [2.45, 2.75) is 26.7 Å².